The van der Waals surface area contributed by atoms with E-state index in [0.29, 0.717) is 0 Å². The highest BCUT2D eigenvalue weighted by Gasteiger charge is 2.26. The van der Waals surface area contributed by atoms with Crippen LogP contribution in [0, 0.1) is 18.3 Å². The molecule has 1 heterocycles. The lowest BCUT2D eigenvalue weighted by molar-refractivity contribution is 0.117. The van der Waals surface area contributed by atoms with E-state index >= 15 is 0 Å². The molecule has 1 aliphatic rings. The van der Waals surface area contributed by atoms with Crippen molar-refractivity contribution in [3.05, 3.63) is 29.3 Å². The molecule has 102 valence electrons. The maximum absolute atomic E-state index is 9.98. The average molecular weight is 259 g/mol. The fraction of sp³-hybridized carbons (Fsp3) is 0.533. The van der Waals surface area contributed by atoms with Crippen LogP contribution in [0.2, 0.25) is 0 Å². The van der Waals surface area contributed by atoms with E-state index < -0.39 is 0 Å². The lowest BCUT2D eigenvalue weighted by Crippen LogP contribution is -2.47. The number of hydrogen-bond acceptors (Lipinski definition) is 4. The Bertz CT molecular complexity index is 473. The van der Waals surface area contributed by atoms with Gasteiger partial charge in [-0.15, -0.1) is 0 Å². The van der Waals surface area contributed by atoms with E-state index in [2.05, 4.69) is 22.8 Å². The molecule has 1 unspecified atom stereocenters. The third-order valence-electron chi connectivity index (χ3n) is 3.82. The van der Waals surface area contributed by atoms with Gasteiger partial charge >= 0.3 is 0 Å². The van der Waals surface area contributed by atoms with Crippen molar-refractivity contribution in [3.8, 4) is 11.8 Å². The Kier molecular flexibility index (Phi) is 4.41. The first-order valence-corrected chi connectivity index (χ1v) is 6.81. The second-order valence-corrected chi connectivity index (χ2v) is 5.06. The van der Waals surface area contributed by atoms with Crippen LogP contribution in [0.1, 0.15) is 24.1 Å². The molecule has 1 aliphatic heterocycles. The second-order valence-electron chi connectivity index (χ2n) is 5.06. The van der Waals surface area contributed by atoms with Crippen LogP contribution in [0.5, 0.6) is 5.75 Å². The topological polar surface area (TPSA) is 50.5 Å². The zero-order valence-electron chi connectivity index (χ0n) is 11.6. The van der Waals surface area contributed by atoms with Crippen LogP contribution in [0.25, 0.3) is 0 Å². The molecule has 0 spiro atoms. The second kappa shape index (κ2) is 6.05. The molecule has 4 nitrogen and oxygen atoms in total. The van der Waals surface area contributed by atoms with E-state index in [1.54, 1.807) is 6.07 Å². The van der Waals surface area contributed by atoms with Crippen molar-refractivity contribution in [1.29, 1.82) is 5.26 Å². The molecule has 19 heavy (non-hydrogen) atoms. The largest absolute Gasteiger partial charge is 0.508 e. The molecule has 1 fully saturated rings. The molecule has 0 aromatic heterocycles. The van der Waals surface area contributed by atoms with Crippen molar-refractivity contribution in [3.63, 3.8) is 0 Å². The van der Waals surface area contributed by atoms with Gasteiger partial charge in [0.1, 0.15) is 11.8 Å². The predicted octanol–water partition coefficient (Wildman–Crippen LogP) is 1.90. The van der Waals surface area contributed by atoms with E-state index in [9.17, 15) is 10.4 Å². The van der Waals surface area contributed by atoms with Crippen molar-refractivity contribution < 1.29 is 5.11 Å². The fourth-order valence-electron chi connectivity index (χ4n) is 2.58. The summed E-state index contributed by atoms with van der Waals surface area (Å²) < 4.78 is 0. The maximum atomic E-state index is 9.98. The van der Waals surface area contributed by atoms with Crippen LogP contribution in [0.15, 0.2) is 18.2 Å². The molecule has 2 rings (SSSR count). The van der Waals surface area contributed by atoms with Gasteiger partial charge in [-0.2, -0.15) is 5.26 Å². The van der Waals surface area contributed by atoms with Crippen LogP contribution in [0.4, 0.5) is 0 Å². The fourth-order valence-corrected chi connectivity index (χ4v) is 2.58. The summed E-state index contributed by atoms with van der Waals surface area (Å²) in [6.45, 7) is 8.92. The van der Waals surface area contributed by atoms with Crippen LogP contribution in [-0.4, -0.2) is 47.6 Å². The first-order chi connectivity index (χ1) is 9.15. The minimum Gasteiger partial charge on any atom is -0.508 e. The summed E-state index contributed by atoms with van der Waals surface area (Å²) in [6, 6.07) is 7.44. The number of nitrogens with zero attached hydrogens (tertiary/aromatic N) is 3. The molecular formula is C15H21N3O. The number of hydrogen-bond donors (Lipinski definition) is 1. The predicted molar refractivity (Wildman–Crippen MR) is 74.9 cm³/mol. The molecule has 4 heteroatoms. The standard InChI is InChI=1S/C15H21N3O/c1-3-17-6-8-18(9-7-17)14(11-16)13-10-12(2)4-5-15(13)19/h4-5,10,14,19H,3,6-9H2,1-2H3. The summed E-state index contributed by atoms with van der Waals surface area (Å²) in [6.07, 6.45) is 0. The van der Waals surface area contributed by atoms with Crippen LogP contribution in [0.3, 0.4) is 0 Å². The number of rotatable bonds is 3. The number of benzene rings is 1. The smallest absolute Gasteiger partial charge is 0.127 e. The van der Waals surface area contributed by atoms with Crippen molar-refractivity contribution in [2.24, 2.45) is 0 Å². The number of aryl methyl sites for hydroxylation is 1. The van der Waals surface area contributed by atoms with Crippen molar-refractivity contribution in [1.82, 2.24) is 9.80 Å². The van der Waals surface area contributed by atoms with E-state index in [1.807, 2.05) is 19.1 Å². The lowest BCUT2D eigenvalue weighted by Gasteiger charge is -2.36. The zero-order chi connectivity index (χ0) is 13.8. The minimum absolute atomic E-state index is 0.218. The number of piperazine rings is 1. The maximum Gasteiger partial charge on any atom is 0.127 e. The Morgan fingerprint density at radius 3 is 2.58 bits per heavy atom. The Morgan fingerprint density at radius 2 is 2.00 bits per heavy atom. The first kappa shape index (κ1) is 13.9. The number of aromatic hydroxyl groups is 1. The zero-order valence-corrected chi connectivity index (χ0v) is 11.6. The van der Waals surface area contributed by atoms with Gasteiger partial charge in [0.15, 0.2) is 0 Å². The van der Waals surface area contributed by atoms with Gasteiger partial charge in [0, 0.05) is 31.7 Å². The molecule has 0 amide bonds. The van der Waals surface area contributed by atoms with E-state index in [1.165, 1.54) is 0 Å². The van der Waals surface area contributed by atoms with Gasteiger partial charge < -0.3 is 10.0 Å². The third kappa shape index (κ3) is 3.06. The Hall–Kier alpha value is -1.57. The van der Waals surface area contributed by atoms with Gasteiger partial charge in [-0.1, -0.05) is 18.6 Å². The highest BCUT2D eigenvalue weighted by Crippen LogP contribution is 2.29. The summed E-state index contributed by atoms with van der Waals surface area (Å²) in [4.78, 5) is 4.53. The lowest BCUT2D eigenvalue weighted by atomic mass is 10.0. The van der Waals surface area contributed by atoms with Gasteiger partial charge in [0.25, 0.3) is 0 Å². The summed E-state index contributed by atoms with van der Waals surface area (Å²) in [5.41, 5.74) is 1.80. The summed E-state index contributed by atoms with van der Waals surface area (Å²) in [5, 5.41) is 19.4. The number of phenolic OH excluding ortho intramolecular Hbond substituents is 1. The molecule has 1 aromatic rings. The van der Waals surface area contributed by atoms with Crippen molar-refractivity contribution in [2.75, 3.05) is 32.7 Å². The summed E-state index contributed by atoms with van der Waals surface area (Å²) >= 11 is 0. The van der Waals surface area contributed by atoms with Gasteiger partial charge in [0.05, 0.1) is 6.07 Å². The van der Waals surface area contributed by atoms with E-state index in [4.69, 9.17) is 0 Å². The molecular weight excluding hydrogens is 238 g/mol. The average Bonchev–Trinajstić information content (AvgIpc) is 2.44. The number of nitriles is 1. The first-order valence-electron chi connectivity index (χ1n) is 6.81. The summed E-state index contributed by atoms with van der Waals surface area (Å²) in [7, 11) is 0. The van der Waals surface area contributed by atoms with Crippen LogP contribution < -0.4 is 0 Å². The van der Waals surface area contributed by atoms with Crippen molar-refractivity contribution >= 4 is 0 Å². The molecule has 0 saturated carbocycles. The summed E-state index contributed by atoms with van der Waals surface area (Å²) in [5.74, 6) is 0.218. The van der Waals surface area contributed by atoms with Gasteiger partial charge in [-0.05, 0) is 25.6 Å². The normalized spacial score (nSPS) is 19.0. The monoisotopic (exact) mass is 259 g/mol. The molecule has 1 saturated heterocycles. The van der Waals surface area contributed by atoms with E-state index in [0.717, 1.165) is 43.9 Å². The Balaban J connectivity index is 2.17. The minimum atomic E-state index is -0.348. The van der Waals surface area contributed by atoms with Crippen molar-refractivity contribution in [2.45, 2.75) is 19.9 Å². The Labute approximate surface area is 114 Å². The molecule has 0 radical (unpaired) electrons. The van der Waals surface area contributed by atoms with Crippen LogP contribution >= 0.6 is 0 Å². The van der Waals surface area contributed by atoms with Gasteiger partial charge in [-0.3, -0.25) is 4.90 Å². The molecule has 0 aliphatic carbocycles. The van der Waals surface area contributed by atoms with E-state index in [-0.39, 0.29) is 11.8 Å². The number of phenols is 1. The Morgan fingerprint density at radius 1 is 1.32 bits per heavy atom. The van der Waals surface area contributed by atoms with Gasteiger partial charge in [0.2, 0.25) is 0 Å². The highest BCUT2D eigenvalue weighted by molar-refractivity contribution is 5.40. The molecule has 1 aromatic carbocycles. The molecule has 0 bridgehead atoms. The third-order valence-corrected chi connectivity index (χ3v) is 3.82. The molecule has 1 atom stereocenters. The molecule has 1 N–H and O–H groups in total. The SMILES string of the molecule is CCN1CCN(C(C#N)c2cc(C)ccc2O)CC1. The van der Waals surface area contributed by atoms with Gasteiger partial charge in [-0.25, -0.2) is 0 Å². The highest BCUT2D eigenvalue weighted by atomic mass is 16.3. The number of likely N-dealkylation sites (N-methyl/N-ethyl adjacent to an activating group) is 1. The quantitative estimate of drug-likeness (QED) is 0.901. The van der Waals surface area contributed by atoms with Crippen LogP contribution in [-0.2, 0) is 0 Å².